The highest BCUT2D eigenvalue weighted by atomic mass is 32.2. The van der Waals surface area contributed by atoms with Crippen molar-refractivity contribution in [2.24, 2.45) is 7.05 Å². The third-order valence-corrected chi connectivity index (χ3v) is 5.26. The van der Waals surface area contributed by atoms with E-state index >= 15 is 0 Å². The van der Waals surface area contributed by atoms with Crippen molar-refractivity contribution in [2.75, 3.05) is 5.73 Å². The number of anilines is 1. The first kappa shape index (κ1) is 17.5. The van der Waals surface area contributed by atoms with Crippen molar-refractivity contribution in [1.29, 1.82) is 0 Å². The molecular formula is C20H24N4S. The van der Waals surface area contributed by atoms with Crippen LogP contribution in [-0.2, 0) is 18.2 Å². The number of nitrogens with zero attached hydrogens (tertiary/aromatic N) is 3. The zero-order valence-corrected chi connectivity index (χ0v) is 16.0. The van der Waals surface area contributed by atoms with Gasteiger partial charge in [0.05, 0.1) is 0 Å². The number of thioether (sulfide) groups is 1. The summed E-state index contributed by atoms with van der Waals surface area (Å²) in [4.78, 5) is 0. The van der Waals surface area contributed by atoms with Crippen molar-refractivity contribution >= 4 is 17.4 Å². The van der Waals surface area contributed by atoms with E-state index in [0.717, 1.165) is 28.0 Å². The molecule has 25 heavy (non-hydrogen) atoms. The van der Waals surface area contributed by atoms with Crippen molar-refractivity contribution in [1.82, 2.24) is 14.8 Å². The number of hydrogen-bond donors (Lipinski definition) is 1. The topological polar surface area (TPSA) is 56.7 Å². The Kier molecular flexibility index (Phi) is 4.86. The highest BCUT2D eigenvalue weighted by Gasteiger charge is 2.14. The van der Waals surface area contributed by atoms with Crippen LogP contribution in [0.2, 0.25) is 0 Å². The van der Waals surface area contributed by atoms with E-state index in [0.29, 0.717) is 0 Å². The lowest BCUT2D eigenvalue weighted by Gasteiger charge is -2.19. The summed E-state index contributed by atoms with van der Waals surface area (Å²) in [6.45, 7) is 6.69. The Labute approximate surface area is 153 Å². The lowest BCUT2D eigenvalue weighted by Crippen LogP contribution is -2.10. The van der Waals surface area contributed by atoms with Gasteiger partial charge >= 0.3 is 0 Å². The first-order chi connectivity index (χ1) is 11.8. The van der Waals surface area contributed by atoms with Gasteiger partial charge in [-0.15, -0.1) is 10.2 Å². The molecule has 0 spiro atoms. The van der Waals surface area contributed by atoms with Gasteiger partial charge in [-0.1, -0.05) is 68.9 Å². The fourth-order valence-electron chi connectivity index (χ4n) is 2.62. The van der Waals surface area contributed by atoms with E-state index < -0.39 is 0 Å². The van der Waals surface area contributed by atoms with Crippen molar-refractivity contribution in [2.45, 2.75) is 37.1 Å². The van der Waals surface area contributed by atoms with Gasteiger partial charge in [0.1, 0.15) is 0 Å². The molecule has 2 aromatic carbocycles. The van der Waals surface area contributed by atoms with Crippen LogP contribution >= 0.6 is 11.8 Å². The fraction of sp³-hybridized carbons (Fsp3) is 0.300. The van der Waals surface area contributed by atoms with E-state index in [1.54, 1.807) is 11.8 Å². The SMILES string of the molecule is Cn1c(SCc2ccc(C(C)(C)C)cc2)nnc1-c1cccc(N)c1. The largest absolute Gasteiger partial charge is 0.399 e. The Morgan fingerprint density at radius 3 is 2.40 bits per heavy atom. The molecule has 1 heterocycles. The molecule has 130 valence electrons. The molecule has 0 atom stereocenters. The van der Waals surface area contributed by atoms with E-state index in [1.807, 2.05) is 35.9 Å². The average Bonchev–Trinajstić information content (AvgIpc) is 2.93. The van der Waals surface area contributed by atoms with Gasteiger partial charge in [-0.3, -0.25) is 0 Å². The van der Waals surface area contributed by atoms with Crippen LogP contribution in [0.25, 0.3) is 11.4 Å². The quantitative estimate of drug-likeness (QED) is 0.548. The number of nitrogens with two attached hydrogens (primary N) is 1. The van der Waals surface area contributed by atoms with Gasteiger partial charge in [-0.05, 0) is 28.7 Å². The summed E-state index contributed by atoms with van der Waals surface area (Å²) < 4.78 is 2.02. The summed E-state index contributed by atoms with van der Waals surface area (Å²) in [5, 5.41) is 9.55. The van der Waals surface area contributed by atoms with Crippen LogP contribution in [0.4, 0.5) is 5.69 Å². The minimum absolute atomic E-state index is 0.182. The molecule has 1 aromatic heterocycles. The second-order valence-corrected chi connectivity index (χ2v) is 8.17. The molecule has 0 aliphatic heterocycles. The maximum Gasteiger partial charge on any atom is 0.191 e. The molecule has 0 saturated heterocycles. The summed E-state index contributed by atoms with van der Waals surface area (Å²) in [5.41, 5.74) is 10.4. The second kappa shape index (κ2) is 6.92. The van der Waals surface area contributed by atoms with Gasteiger partial charge in [-0.2, -0.15) is 0 Å². The number of nitrogen functional groups attached to an aromatic ring is 1. The van der Waals surface area contributed by atoms with Crippen LogP contribution in [0.15, 0.2) is 53.7 Å². The van der Waals surface area contributed by atoms with Crippen molar-refractivity contribution < 1.29 is 0 Å². The predicted octanol–water partition coefficient (Wildman–Crippen LogP) is 4.65. The Hall–Kier alpha value is -2.27. The molecule has 5 heteroatoms. The van der Waals surface area contributed by atoms with Gasteiger partial charge in [0.2, 0.25) is 0 Å². The zero-order valence-electron chi connectivity index (χ0n) is 15.2. The summed E-state index contributed by atoms with van der Waals surface area (Å²) >= 11 is 1.69. The van der Waals surface area contributed by atoms with Crippen molar-refractivity contribution in [3.63, 3.8) is 0 Å². The Bertz CT molecular complexity index is 860. The number of hydrogen-bond acceptors (Lipinski definition) is 4. The number of aromatic nitrogens is 3. The van der Waals surface area contributed by atoms with Crippen molar-refractivity contribution in [3.8, 4) is 11.4 Å². The third-order valence-electron chi connectivity index (χ3n) is 4.17. The average molecular weight is 353 g/mol. The molecule has 0 fully saturated rings. The van der Waals surface area contributed by atoms with Gasteiger partial charge < -0.3 is 10.3 Å². The molecule has 0 radical (unpaired) electrons. The van der Waals surface area contributed by atoms with Crippen molar-refractivity contribution in [3.05, 3.63) is 59.7 Å². The first-order valence-electron chi connectivity index (χ1n) is 8.32. The van der Waals surface area contributed by atoms with E-state index in [4.69, 9.17) is 5.73 Å². The maximum absolute atomic E-state index is 5.87. The molecule has 0 unspecified atom stereocenters. The lowest BCUT2D eigenvalue weighted by atomic mass is 9.87. The van der Waals surface area contributed by atoms with Crippen LogP contribution in [0.1, 0.15) is 31.9 Å². The van der Waals surface area contributed by atoms with Crippen LogP contribution in [0.5, 0.6) is 0 Å². The summed E-state index contributed by atoms with van der Waals surface area (Å²) in [6.07, 6.45) is 0. The second-order valence-electron chi connectivity index (χ2n) is 7.23. The molecular weight excluding hydrogens is 328 g/mol. The van der Waals surface area contributed by atoms with E-state index in [-0.39, 0.29) is 5.41 Å². The maximum atomic E-state index is 5.87. The van der Waals surface area contributed by atoms with Gasteiger partial charge in [0, 0.05) is 24.1 Å². The molecule has 3 rings (SSSR count). The van der Waals surface area contributed by atoms with E-state index in [2.05, 4.69) is 55.2 Å². The van der Waals surface area contributed by atoms with E-state index in [1.165, 1.54) is 11.1 Å². The number of rotatable bonds is 4. The minimum Gasteiger partial charge on any atom is -0.399 e. The molecule has 3 aromatic rings. The normalized spacial score (nSPS) is 11.7. The molecule has 0 aliphatic carbocycles. The standard InChI is InChI=1S/C20H24N4S/c1-20(2,3)16-10-8-14(9-11-16)13-25-19-23-22-18(24(19)4)15-6-5-7-17(21)12-15/h5-12H,13,21H2,1-4H3. The minimum atomic E-state index is 0.182. The molecule has 0 amide bonds. The Morgan fingerprint density at radius 1 is 1.04 bits per heavy atom. The smallest absolute Gasteiger partial charge is 0.191 e. The van der Waals surface area contributed by atoms with Gasteiger partial charge in [0.25, 0.3) is 0 Å². The zero-order chi connectivity index (χ0) is 18.0. The van der Waals surface area contributed by atoms with Gasteiger partial charge in [-0.25, -0.2) is 0 Å². The Morgan fingerprint density at radius 2 is 1.76 bits per heavy atom. The first-order valence-corrected chi connectivity index (χ1v) is 9.31. The van der Waals surface area contributed by atoms with E-state index in [9.17, 15) is 0 Å². The lowest BCUT2D eigenvalue weighted by molar-refractivity contribution is 0.590. The van der Waals surface area contributed by atoms with Crippen LogP contribution in [-0.4, -0.2) is 14.8 Å². The highest BCUT2D eigenvalue weighted by molar-refractivity contribution is 7.98. The summed E-state index contributed by atoms with van der Waals surface area (Å²) in [5.74, 6) is 1.70. The Balaban J connectivity index is 1.72. The molecule has 4 nitrogen and oxygen atoms in total. The van der Waals surface area contributed by atoms with Crippen LogP contribution in [0.3, 0.4) is 0 Å². The fourth-order valence-corrected chi connectivity index (χ4v) is 3.49. The third kappa shape index (κ3) is 4.04. The van der Waals surface area contributed by atoms with Crippen LogP contribution in [0, 0.1) is 0 Å². The molecule has 2 N–H and O–H groups in total. The van der Waals surface area contributed by atoms with Crippen LogP contribution < -0.4 is 5.73 Å². The van der Waals surface area contributed by atoms with Gasteiger partial charge in [0.15, 0.2) is 11.0 Å². The molecule has 0 aliphatic rings. The summed E-state index contributed by atoms with van der Waals surface area (Å²) in [7, 11) is 1.99. The highest BCUT2D eigenvalue weighted by Crippen LogP contribution is 2.27. The predicted molar refractivity (Wildman–Crippen MR) is 106 cm³/mol. The molecule has 0 bridgehead atoms. The molecule has 0 saturated carbocycles. The summed E-state index contributed by atoms with van der Waals surface area (Å²) in [6, 6.07) is 16.5. The number of benzene rings is 2. The monoisotopic (exact) mass is 352 g/mol.